The van der Waals surface area contributed by atoms with E-state index in [2.05, 4.69) is 24.1 Å². The average molecular weight is 480 g/mol. The summed E-state index contributed by atoms with van der Waals surface area (Å²) in [6, 6.07) is 14.7. The molecule has 2 amide bonds. The highest BCUT2D eigenvalue weighted by Crippen LogP contribution is 2.16. The van der Waals surface area contributed by atoms with Crippen molar-refractivity contribution in [2.75, 3.05) is 39.3 Å². The van der Waals surface area contributed by atoms with Gasteiger partial charge in [-0.3, -0.25) is 14.5 Å². The molecule has 0 spiro atoms. The summed E-state index contributed by atoms with van der Waals surface area (Å²) in [5, 5.41) is 3.01. The summed E-state index contributed by atoms with van der Waals surface area (Å²) in [6.45, 7) is 11.5. The Morgan fingerprint density at radius 3 is 2.20 bits per heavy atom. The van der Waals surface area contributed by atoms with Crippen LogP contribution >= 0.6 is 0 Å². The van der Waals surface area contributed by atoms with Gasteiger partial charge in [0.15, 0.2) is 0 Å². The summed E-state index contributed by atoms with van der Waals surface area (Å²) >= 11 is 0. The number of benzene rings is 2. The number of likely N-dealkylation sites (tertiary alicyclic amines) is 1. The van der Waals surface area contributed by atoms with Crippen molar-refractivity contribution in [1.29, 1.82) is 0 Å². The fraction of sp³-hybridized carbons (Fsp3) is 0.517. The Hall–Kier alpha value is -2.86. The largest absolute Gasteiger partial charge is 0.492 e. The van der Waals surface area contributed by atoms with Gasteiger partial charge in [-0.05, 0) is 75.5 Å². The predicted molar refractivity (Wildman–Crippen MR) is 141 cm³/mol. The zero-order valence-corrected chi connectivity index (χ0v) is 21.6. The number of carbonyl (C=O) groups is 2. The van der Waals surface area contributed by atoms with Crippen LogP contribution in [0.5, 0.6) is 5.75 Å². The van der Waals surface area contributed by atoms with E-state index in [1.807, 2.05) is 48.2 Å². The van der Waals surface area contributed by atoms with E-state index in [0.717, 1.165) is 36.3 Å². The second-order valence-electron chi connectivity index (χ2n) is 9.46. The number of hydrogen-bond acceptors (Lipinski definition) is 4. The summed E-state index contributed by atoms with van der Waals surface area (Å²) in [6.07, 6.45) is 4.77. The maximum absolute atomic E-state index is 13.5. The lowest BCUT2D eigenvalue weighted by atomic mass is 10.0. The first-order valence-corrected chi connectivity index (χ1v) is 13.1. The highest BCUT2D eigenvalue weighted by atomic mass is 16.5. The van der Waals surface area contributed by atoms with E-state index in [1.54, 1.807) is 12.1 Å². The minimum atomic E-state index is -0.621. The van der Waals surface area contributed by atoms with Crippen LogP contribution in [0.3, 0.4) is 0 Å². The predicted octanol–water partition coefficient (Wildman–Crippen LogP) is 4.46. The molecular formula is C29H41N3O3. The van der Waals surface area contributed by atoms with Crippen LogP contribution in [0.15, 0.2) is 48.5 Å². The molecule has 1 atom stereocenters. The number of rotatable bonds is 13. The maximum Gasteiger partial charge on any atom is 0.251 e. The molecule has 1 N–H and O–H groups in total. The van der Waals surface area contributed by atoms with Crippen molar-refractivity contribution < 1.29 is 14.3 Å². The minimum absolute atomic E-state index is 0.0277. The molecule has 0 aliphatic carbocycles. The zero-order valence-electron chi connectivity index (χ0n) is 21.6. The molecule has 2 aromatic carbocycles. The van der Waals surface area contributed by atoms with Gasteiger partial charge in [0.1, 0.15) is 18.4 Å². The minimum Gasteiger partial charge on any atom is -0.492 e. The van der Waals surface area contributed by atoms with Crippen molar-refractivity contribution in [3.05, 3.63) is 65.2 Å². The fourth-order valence-electron chi connectivity index (χ4n) is 4.50. The monoisotopic (exact) mass is 479 g/mol. The highest BCUT2D eigenvalue weighted by molar-refractivity contribution is 5.97. The van der Waals surface area contributed by atoms with Crippen LogP contribution in [0.25, 0.3) is 0 Å². The molecule has 1 saturated heterocycles. The van der Waals surface area contributed by atoms with Gasteiger partial charge in [0.25, 0.3) is 5.91 Å². The van der Waals surface area contributed by atoms with Gasteiger partial charge in [0.05, 0.1) is 0 Å². The van der Waals surface area contributed by atoms with E-state index in [4.69, 9.17) is 4.74 Å². The van der Waals surface area contributed by atoms with Gasteiger partial charge < -0.3 is 15.0 Å². The van der Waals surface area contributed by atoms with Gasteiger partial charge in [-0.25, -0.2) is 0 Å². The Labute approximate surface area is 210 Å². The summed E-state index contributed by atoms with van der Waals surface area (Å²) in [5.74, 6) is 0.580. The Balaban J connectivity index is 1.66. The molecule has 1 fully saturated rings. The quantitative estimate of drug-likeness (QED) is 0.461. The molecule has 6 heteroatoms. The molecule has 3 rings (SSSR count). The first-order chi connectivity index (χ1) is 17.0. The van der Waals surface area contributed by atoms with E-state index in [9.17, 15) is 9.59 Å². The highest BCUT2D eigenvalue weighted by Gasteiger charge is 2.26. The smallest absolute Gasteiger partial charge is 0.251 e. The molecule has 6 nitrogen and oxygen atoms in total. The van der Waals surface area contributed by atoms with Crippen molar-refractivity contribution in [2.45, 2.75) is 58.9 Å². The summed E-state index contributed by atoms with van der Waals surface area (Å²) in [5.41, 5.74) is 2.65. The van der Waals surface area contributed by atoms with E-state index < -0.39 is 6.04 Å². The van der Waals surface area contributed by atoms with Gasteiger partial charge in [0.2, 0.25) is 5.91 Å². The molecule has 0 bridgehead atoms. The number of ether oxygens (including phenoxy) is 1. The van der Waals surface area contributed by atoms with Gasteiger partial charge in [-0.2, -0.15) is 0 Å². The molecule has 0 aromatic heterocycles. The molecule has 1 aliphatic rings. The molecule has 0 radical (unpaired) electrons. The Bertz CT molecular complexity index is 915. The Morgan fingerprint density at radius 2 is 1.60 bits per heavy atom. The summed E-state index contributed by atoms with van der Waals surface area (Å²) < 4.78 is 5.92. The Kier molecular flexibility index (Phi) is 10.6. The van der Waals surface area contributed by atoms with Crippen LogP contribution in [0, 0.1) is 6.92 Å². The number of carbonyl (C=O) groups excluding carboxylic acids is 2. The molecule has 190 valence electrons. The molecule has 0 saturated carbocycles. The lowest BCUT2D eigenvalue weighted by Crippen LogP contribution is -2.50. The van der Waals surface area contributed by atoms with E-state index in [-0.39, 0.29) is 11.8 Å². The number of hydrogen-bond donors (Lipinski definition) is 1. The Morgan fingerprint density at radius 1 is 0.971 bits per heavy atom. The molecule has 2 aromatic rings. The lowest BCUT2D eigenvalue weighted by molar-refractivity contribution is -0.133. The maximum atomic E-state index is 13.5. The summed E-state index contributed by atoms with van der Waals surface area (Å²) in [7, 11) is 0. The van der Waals surface area contributed by atoms with Crippen LogP contribution < -0.4 is 10.1 Å². The molecule has 1 aliphatic heterocycles. The second kappa shape index (κ2) is 13.9. The number of aryl methyl sites for hydroxylation is 1. The van der Waals surface area contributed by atoms with Crippen molar-refractivity contribution in [1.82, 2.24) is 15.1 Å². The normalized spacial score (nSPS) is 14.5. The van der Waals surface area contributed by atoms with Gasteiger partial charge in [-0.15, -0.1) is 0 Å². The van der Waals surface area contributed by atoms with Gasteiger partial charge >= 0.3 is 0 Å². The van der Waals surface area contributed by atoms with Crippen molar-refractivity contribution in [3.8, 4) is 5.75 Å². The first kappa shape index (κ1) is 26.7. The van der Waals surface area contributed by atoms with Crippen molar-refractivity contribution in [3.63, 3.8) is 0 Å². The van der Waals surface area contributed by atoms with Crippen LogP contribution in [0.2, 0.25) is 0 Å². The third-order valence-electron chi connectivity index (χ3n) is 6.45. The van der Waals surface area contributed by atoms with Crippen molar-refractivity contribution in [2.24, 2.45) is 0 Å². The molecule has 1 heterocycles. The number of nitrogens with zero attached hydrogens (tertiary/aromatic N) is 2. The second-order valence-corrected chi connectivity index (χ2v) is 9.46. The van der Waals surface area contributed by atoms with Gasteiger partial charge in [-0.1, -0.05) is 43.7 Å². The number of nitrogens with one attached hydrogen (secondary N) is 1. The zero-order chi connectivity index (χ0) is 25.0. The van der Waals surface area contributed by atoms with Crippen LogP contribution in [0.1, 0.15) is 61.0 Å². The fourth-order valence-corrected chi connectivity index (χ4v) is 4.50. The standard InChI is InChI=1S/C29H41N3O3/c1-4-16-32(17-5-2)29(34)27(30-28(33)25-12-8-23(3)9-13-25)22-24-10-14-26(15-11-24)35-21-20-31-18-6-7-19-31/h8-15,27H,4-7,16-22H2,1-3H3,(H,30,33). The van der Waals surface area contributed by atoms with E-state index in [0.29, 0.717) is 31.7 Å². The van der Waals surface area contributed by atoms with Crippen molar-refractivity contribution >= 4 is 11.8 Å². The van der Waals surface area contributed by atoms with E-state index >= 15 is 0 Å². The number of amides is 2. The van der Waals surface area contributed by atoms with Crippen LogP contribution in [-0.4, -0.2) is 67.0 Å². The topological polar surface area (TPSA) is 61.9 Å². The molecule has 1 unspecified atom stereocenters. The average Bonchev–Trinajstić information content (AvgIpc) is 3.38. The molecule has 35 heavy (non-hydrogen) atoms. The van der Waals surface area contributed by atoms with E-state index in [1.165, 1.54) is 25.9 Å². The van der Waals surface area contributed by atoms with Crippen LogP contribution in [0.4, 0.5) is 0 Å². The first-order valence-electron chi connectivity index (χ1n) is 13.1. The summed E-state index contributed by atoms with van der Waals surface area (Å²) in [4.78, 5) is 30.7. The van der Waals surface area contributed by atoms with Crippen LogP contribution in [-0.2, 0) is 11.2 Å². The SMILES string of the molecule is CCCN(CCC)C(=O)C(Cc1ccc(OCCN2CCCC2)cc1)NC(=O)c1ccc(C)cc1. The molecular weight excluding hydrogens is 438 g/mol. The lowest BCUT2D eigenvalue weighted by Gasteiger charge is -2.27. The third-order valence-corrected chi connectivity index (χ3v) is 6.45. The van der Waals surface area contributed by atoms with Gasteiger partial charge in [0, 0.05) is 31.6 Å². The third kappa shape index (κ3) is 8.39.